The smallest absolute Gasteiger partial charge is 0.251 e. The zero-order valence-corrected chi connectivity index (χ0v) is 15.2. The first-order chi connectivity index (χ1) is 12.5. The van der Waals surface area contributed by atoms with E-state index in [-0.39, 0.29) is 24.5 Å². The molecule has 2 amide bonds. The summed E-state index contributed by atoms with van der Waals surface area (Å²) in [5.74, 6) is -0.315. The summed E-state index contributed by atoms with van der Waals surface area (Å²) in [7, 11) is 0. The summed E-state index contributed by atoms with van der Waals surface area (Å²) in [4.78, 5) is 26.6. The number of amides is 2. The largest absolute Gasteiger partial charge is 0.370 e. The third kappa shape index (κ3) is 4.49. The first-order valence-corrected chi connectivity index (χ1v) is 8.84. The molecular weight excluding hydrogens is 328 g/mol. The molecule has 1 N–H and O–H groups in total. The Kier molecular flexibility index (Phi) is 5.68. The van der Waals surface area contributed by atoms with Crippen molar-refractivity contribution >= 4 is 11.8 Å². The predicted octanol–water partition coefficient (Wildman–Crippen LogP) is 2.63. The van der Waals surface area contributed by atoms with Crippen molar-refractivity contribution in [3.63, 3.8) is 0 Å². The van der Waals surface area contributed by atoms with E-state index < -0.39 is 0 Å². The van der Waals surface area contributed by atoms with Gasteiger partial charge in [0.15, 0.2) is 0 Å². The van der Waals surface area contributed by atoms with Gasteiger partial charge in [0.2, 0.25) is 5.91 Å². The summed E-state index contributed by atoms with van der Waals surface area (Å²) in [6.45, 7) is 5.44. The van der Waals surface area contributed by atoms with Crippen molar-refractivity contribution in [3.8, 4) is 0 Å². The molecule has 2 aromatic rings. The lowest BCUT2D eigenvalue weighted by Crippen LogP contribution is -2.46. The van der Waals surface area contributed by atoms with Crippen LogP contribution in [-0.2, 0) is 9.53 Å². The lowest BCUT2D eigenvalue weighted by Gasteiger charge is -2.33. The number of rotatable bonds is 4. The Morgan fingerprint density at radius 1 is 1.12 bits per heavy atom. The van der Waals surface area contributed by atoms with E-state index in [2.05, 4.69) is 5.32 Å². The Morgan fingerprint density at radius 2 is 1.81 bits per heavy atom. The number of carbonyl (C=O) groups excluding carboxylic acids is 2. The average Bonchev–Trinajstić information content (AvgIpc) is 2.66. The SMILES string of the molecule is Cc1cc(C)cc(C(=O)NCC(=O)N2CCOC(c3ccccc3)C2)c1. The van der Waals surface area contributed by atoms with Gasteiger partial charge < -0.3 is 15.0 Å². The summed E-state index contributed by atoms with van der Waals surface area (Å²) >= 11 is 0. The van der Waals surface area contributed by atoms with Crippen molar-refractivity contribution in [1.29, 1.82) is 0 Å². The van der Waals surface area contributed by atoms with E-state index in [0.717, 1.165) is 16.7 Å². The molecule has 5 nitrogen and oxygen atoms in total. The van der Waals surface area contributed by atoms with E-state index in [1.165, 1.54) is 0 Å². The Balaban J connectivity index is 1.56. The second-order valence-corrected chi connectivity index (χ2v) is 6.67. The average molecular weight is 352 g/mol. The number of hydrogen-bond acceptors (Lipinski definition) is 3. The number of nitrogens with one attached hydrogen (secondary N) is 1. The molecule has 3 rings (SSSR count). The van der Waals surface area contributed by atoms with Gasteiger partial charge >= 0.3 is 0 Å². The van der Waals surface area contributed by atoms with E-state index in [1.807, 2.05) is 62.4 Å². The number of morpholine rings is 1. The molecule has 1 aliphatic heterocycles. The molecule has 0 radical (unpaired) electrons. The third-order valence-electron chi connectivity index (χ3n) is 4.47. The van der Waals surface area contributed by atoms with Crippen LogP contribution in [0.5, 0.6) is 0 Å². The quantitative estimate of drug-likeness (QED) is 0.920. The van der Waals surface area contributed by atoms with Crippen LogP contribution in [0, 0.1) is 13.8 Å². The summed E-state index contributed by atoms with van der Waals surface area (Å²) < 4.78 is 5.78. The predicted molar refractivity (Wildman–Crippen MR) is 100.0 cm³/mol. The molecule has 1 aliphatic rings. The number of nitrogens with zero attached hydrogens (tertiary/aromatic N) is 1. The summed E-state index contributed by atoms with van der Waals surface area (Å²) in [6, 6.07) is 15.5. The zero-order valence-electron chi connectivity index (χ0n) is 15.2. The monoisotopic (exact) mass is 352 g/mol. The van der Waals surface area contributed by atoms with E-state index in [4.69, 9.17) is 4.74 Å². The first-order valence-electron chi connectivity index (χ1n) is 8.84. The van der Waals surface area contributed by atoms with E-state index in [1.54, 1.807) is 4.90 Å². The molecule has 1 heterocycles. The molecule has 0 bridgehead atoms. The minimum atomic E-state index is -0.224. The molecule has 26 heavy (non-hydrogen) atoms. The second-order valence-electron chi connectivity index (χ2n) is 6.67. The molecule has 5 heteroatoms. The standard InChI is InChI=1S/C21H24N2O3/c1-15-10-16(2)12-18(11-15)21(25)22-13-20(24)23-8-9-26-19(14-23)17-6-4-3-5-7-17/h3-7,10-12,19H,8-9,13-14H2,1-2H3,(H,22,25). The van der Waals surface area contributed by atoms with Crippen LogP contribution in [0.25, 0.3) is 0 Å². The van der Waals surface area contributed by atoms with Crippen molar-refractivity contribution in [2.24, 2.45) is 0 Å². The van der Waals surface area contributed by atoms with Gasteiger partial charge in [-0.05, 0) is 31.5 Å². The Hall–Kier alpha value is -2.66. The van der Waals surface area contributed by atoms with Crippen molar-refractivity contribution in [1.82, 2.24) is 10.2 Å². The highest BCUT2D eigenvalue weighted by Crippen LogP contribution is 2.21. The van der Waals surface area contributed by atoms with Gasteiger partial charge in [0.05, 0.1) is 19.7 Å². The van der Waals surface area contributed by atoms with Gasteiger partial charge in [0.25, 0.3) is 5.91 Å². The fraction of sp³-hybridized carbons (Fsp3) is 0.333. The van der Waals surface area contributed by atoms with Crippen LogP contribution in [0.1, 0.15) is 33.2 Å². The van der Waals surface area contributed by atoms with E-state index in [9.17, 15) is 9.59 Å². The third-order valence-corrected chi connectivity index (χ3v) is 4.47. The van der Waals surface area contributed by atoms with Crippen molar-refractivity contribution < 1.29 is 14.3 Å². The molecule has 0 aromatic heterocycles. The molecule has 1 fully saturated rings. The maximum Gasteiger partial charge on any atom is 0.251 e. The van der Waals surface area contributed by atoms with Gasteiger partial charge in [-0.15, -0.1) is 0 Å². The van der Waals surface area contributed by atoms with Crippen LogP contribution in [-0.4, -0.2) is 43.0 Å². The highest BCUT2D eigenvalue weighted by atomic mass is 16.5. The van der Waals surface area contributed by atoms with Gasteiger partial charge in [-0.2, -0.15) is 0 Å². The van der Waals surface area contributed by atoms with Crippen LogP contribution < -0.4 is 5.32 Å². The van der Waals surface area contributed by atoms with Gasteiger partial charge in [0, 0.05) is 12.1 Å². The van der Waals surface area contributed by atoms with Gasteiger partial charge in [0.1, 0.15) is 6.10 Å². The molecular formula is C21H24N2O3. The Bertz CT molecular complexity index is 769. The molecule has 1 atom stereocenters. The summed E-state index contributed by atoms with van der Waals surface area (Å²) in [5.41, 5.74) is 3.70. The molecule has 0 saturated carbocycles. The topological polar surface area (TPSA) is 58.6 Å². The normalized spacial score (nSPS) is 17.0. The molecule has 1 unspecified atom stereocenters. The minimum Gasteiger partial charge on any atom is -0.370 e. The van der Waals surface area contributed by atoms with Crippen LogP contribution in [0.4, 0.5) is 0 Å². The van der Waals surface area contributed by atoms with Crippen molar-refractivity contribution in [2.75, 3.05) is 26.2 Å². The van der Waals surface area contributed by atoms with Gasteiger partial charge in [-0.25, -0.2) is 0 Å². The first kappa shape index (κ1) is 18.1. The number of ether oxygens (including phenoxy) is 1. The van der Waals surface area contributed by atoms with Gasteiger partial charge in [-0.3, -0.25) is 9.59 Å². The van der Waals surface area contributed by atoms with Crippen LogP contribution in [0.2, 0.25) is 0 Å². The highest BCUT2D eigenvalue weighted by molar-refractivity contribution is 5.96. The number of aryl methyl sites for hydroxylation is 2. The molecule has 2 aromatic carbocycles. The van der Waals surface area contributed by atoms with Crippen LogP contribution >= 0.6 is 0 Å². The Labute approximate surface area is 154 Å². The molecule has 0 spiro atoms. The maximum atomic E-state index is 12.5. The summed E-state index contributed by atoms with van der Waals surface area (Å²) in [5, 5.41) is 2.73. The van der Waals surface area contributed by atoms with Crippen molar-refractivity contribution in [3.05, 3.63) is 70.8 Å². The van der Waals surface area contributed by atoms with Gasteiger partial charge in [-0.1, -0.05) is 47.5 Å². The maximum absolute atomic E-state index is 12.5. The second kappa shape index (κ2) is 8.15. The fourth-order valence-electron chi connectivity index (χ4n) is 3.22. The number of carbonyl (C=O) groups is 2. The number of benzene rings is 2. The lowest BCUT2D eigenvalue weighted by molar-refractivity contribution is -0.137. The number of hydrogen-bond donors (Lipinski definition) is 1. The Morgan fingerprint density at radius 3 is 2.50 bits per heavy atom. The molecule has 136 valence electrons. The zero-order chi connectivity index (χ0) is 18.5. The molecule has 0 aliphatic carbocycles. The highest BCUT2D eigenvalue weighted by Gasteiger charge is 2.25. The fourth-order valence-corrected chi connectivity index (χ4v) is 3.22. The van der Waals surface area contributed by atoms with E-state index >= 15 is 0 Å². The lowest BCUT2D eigenvalue weighted by atomic mass is 10.1. The van der Waals surface area contributed by atoms with Crippen LogP contribution in [0.15, 0.2) is 48.5 Å². The van der Waals surface area contributed by atoms with Crippen molar-refractivity contribution in [2.45, 2.75) is 20.0 Å². The van der Waals surface area contributed by atoms with E-state index in [0.29, 0.717) is 25.3 Å². The minimum absolute atomic E-state index is 0.00661. The summed E-state index contributed by atoms with van der Waals surface area (Å²) in [6.07, 6.45) is -0.121. The molecule has 1 saturated heterocycles. The van der Waals surface area contributed by atoms with Crippen LogP contribution in [0.3, 0.4) is 0 Å².